The van der Waals surface area contributed by atoms with Crippen LogP contribution in [0.3, 0.4) is 0 Å². The molecule has 1 aliphatic carbocycles. The molecule has 2 heteroatoms. The minimum atomic E-state index is -0.176. The lowest BCUT2D eigenvalue weighted by Gasteiger charge is -2.10. The third-order valence-electron chi connectivity index (χ3n) is 3.17. The normalized spacial score (nSPS) is 18.3. The Labute approximate surface area is 98.4 Å². The van der Waals surface area contributed by atoms with Gasteiger partial charge in [-0.2, -0.15) is 0 Å². The van der Waals surface area contributed by atoms with Gasteiger partial charge in [0, 0.05) is 5.57 Å². The van der Waals surface area contributed by atoms with Crippen molar-refractivity contribution in [1.29, 1.82) is 0 Å². The molecule has 0 saturated carbocycles. The lowest BCUT2D eigenvalue weighted by atomic mass is 9.98. The zero-order chi connectivity index (χ0) is 12.0. The Balaban J connectivity index is 2.80. The van der Waals surface area contributed by atoms with Gasteiger partial charge >= 0.3 is 5.97 Å². The maximum Gasteiger partial charge on any atom is 0.333 e. The van der Waals surface area contributed by atoms with Crippen molar-refractivity contribution in [2.75, 3.05) is 6.61 Å². The molecule has 0 amide bonds. The van der Waals surface area contributed by atoms with Gasteiger partial charge in [0.05, 0.1) is 6.61 Å². The molecule has 1 rings (SSSR count). The second-order valence-electron chi connectivity index (χ2n) is 4.30. The SMILES string of the molecule is CCOC(=O)/C(C)=C(\C)C1=CCCCCC1. The van der Waals surface area contributed by atoms with Gasteiger partial charge in [-0.1, -0.05) is 12.5 Å². The average Bonchev–Trinajstić information content (AvgIpc) is 2.56. The highest BCUT2D eigenvalue weighted by Crippen LogP contribution is 2.25. The van der Waals surface area contributed by atoms with E-state index < -0.39 is 0 Å². The zero-order valence-corrected chi connectivity index (χ0v) is 10.6. The fraction of sp³-hybridized carbons (Fsp3) is 0.643. The molecule has 1 aliphatic rings. The van der Waals surface area contributed by atoms with Crippen LogP contribution in [0.25, 0.3) is 0 Å². The number of hydrogen-bond acceptors (Lipinski definition) is 2. The molecular weight excluding hydrogens is 200 g/mol. The smallest absolute Gasteiger partial charge is 0.333 e. The van der Waals surface area contributed by atoms with Gasteiger partial charge in [-0.25, -0.2) is 4.79 Å². The number of rotatable bonds is 3. The number of ether oxygens (including phenoxy) is 1. The maximum atomic E-state index is 11.6. The second kappa shape index (κ2) is 6.51. The van der Waals surface area contributed by atoms with Crippen molar-refractivity contribution in [3.05, 3.63) is 22.8 Å². The van der Waals surface area contributed by atoms with Gasteiger partial charge < -0.3 is 4.74 Å². The molecule has 16 heavy (non-hydrogen) atoms. The molecule has 0 fully saturated rings. The Morgan fingerprint density at radius 1 is 1.31 bits per heavy atom. The van der Waals surface area contributed by atoms with Gasteiger partial charge in [0.1, 0.15) is 0 Å². The number of hydrogen-bond donors (Lipinski definition) is 0. The van der Waals surface area contributed by atoms with Crippen molar-refractivity contribution in [3.8, 4) is 0 Å². The van der Waals surface area contributed by atoms with Crippen LogP contribution in [0.5, 0.6) is 0 Å². The number of esters is 1. The molecule has 0 unspecified atom stereocenters. The predicted octanol–water partition coefficient (Wildman–Crippen LogP) is 3.78. The van der Waals surface area contributed by atoms with E-state index in [1.807, 2.05) is 20.8 Å². The summed E-state index contributed by atoms with van der Waals surface area (Å²) in [5.74, 6) is -0.176. The van der Waals surface area contributed by atoms with Crippen LogP contribution in [-0.4, -0.2) is 12.6 Å². The molecule has 0 aromatic carbocycles. The van der Waals surface area contributed by atoms with E-state index in [2.05, 4.69) is 6.08 Å². The highest BCUT2D eigenvalue weighted by Gasteiger charge is 2.12. The Morgan fingerprint density at radius 3 is 2.75 bits per heavy atom. The molecule has 0 atom stereocenters. The summed E-state index contributed by atoms with van der Waals surface area (Å²) in [7, 11) is 0. The minimum Gasteiger partial charge on any atom is -0.463 e. The van der Waals surface area contributed by atoms with E-state index in [4.69, 9.17) is 4.74 Å². The molecular formula is C14H22O2. The van der Waals surface area contributed by atoms with Crippen LogP contribution in [0.1, 0.15) is 52.9 Å². The van der Waals surface area contributed by atoms with Crippen molar-refractivity contribution in [3.63, 3.8) is 0 Å². The van der Waals surface area contributed by atoms with Crippen LogP contribution in [0.15, 0.2) is 22.8 Å². The molecule has 2 nitrogen and oxygen atoms in total. The highest BCUT2D eigenvalue weighted by atomic mass is 16.5. The van der Waals surface area contributed by atoms with Gasteiger partial charge in [-0.15, -0.1) is 0 Å². The van der Waals surface area contributed by atoms with Gasteiger partial charge in [-0.3, -0.25) is 0 Å². The summed E-state index contributed by atoms with van der Waals surface area (Å²) in [5, 5.41) is 0. The second-order valence-corrected chi connectivity index (χ2v) is 4.30. The maximum absolute atomic E-state index is 11.6. The summed E-state index contributed by atoms with van der Waals surface area (Å²) < 4.78 is 5.02. The summed E-state index contributed by atoms with van der Waals surface area (Å²) >= 11 is 0. The molecule has 0 saturated heterocycles. The predicted molar refractivity (Wildman–Crippen MR) is 66.2 cm³/mol. The molecule has 90 valence electrons. The standard InChI is InChI=1S/C14H22O2/c1-4-16-14(15)12(3)11(2)13-9-7-5-6-8-10-13/h9H,4-8,10H2,1-3H3/b12-11+. The van der Waals surface area contributed by atoms with Crippen LogP contribution in [0.2, 0.25) is 0 Å². The van der Waals surface area contributed by atoms with Gasteiger partial charge in [0.2, 0.25) is 0 Å². The molecule has 0 heterocycles. The molecule has 0 N–H and O–H groups in total. The first-order valence-corrected chi connectivity index (χ1v) is 6.20. The fourth-order valence-electron chi connectivity index (χ4n) is 1.99. The van der Waals surface area contributed by atoms with Crippen LogP contribution in [0.4, 0.5) is 0 Å². The lowest BCUT2D eigenvalue weighted by molar-refractivity contribution is -0.138. The first-order valence-electron chi connectivity index (χ1n) is 6.20. The summed E-state index contributed by atoms with van der Waals surface area (Å²) in [5.41, 5.74) is 3.21. The Morgan fingerprint density at radius 2 is 2.06 bits per heavy atom. The van der Waals surface area contributed by atoms with E-state index in [-0.39, 0.29) is 5.97 Å². The van der Waals surface area contributed by atoms with E-state index in [0.29, 0.717) is 6.61 Å². The van der Waals surface area contributed by atoms with E-state index >= 15 is 0 Å². The van der Waals surface area contributed by atoms with E-state index in [1.54, 1.807) is 0 Å². The van der Waals surface area contributed by atoms with Gasteiger partial charge in [0.15, 0.2) is 0 Å². The third-order valence-corrected chi connectivity index (χ3v) is 3.17. The summed E-state index contributed by atoms with van der Waals surface area (Å²) in [6, 6.07) is 0. The van der Waals surface area contributed by atoms with E-state index in [1.165, 1.54) is 24.8 Å². The van der Waals surface area contributed by atoms with Crippen LogP contribution < -0.4 is 0 Å². The first-order chi connectivity index (χ1) is 7.66. The third kappa shape index (κ3) is 3.51. The Bertz CT molecular complexity index is 311. The van der Waals surface area contributed by atoms with Crippen LogP contribution in [-0.2, 0) is 9.53 Å². The molecule has 0 aromatic rings. The van der Waals surface area contributed by atoms with Crippen molar-refractivity contribution in [2.45, 2.75) is 52.9 Å². The number of allylic oxidation sites excluding steroid dienone is 3. The van der Waals surface area contributed by atoms with Crippen molar-refractivity contribution >= 4 is 5.97 Å². The highest BCUT2D eigenvalue weighted by molar-refractivity contribution is 5.89. The van der Waals surface area contributed by atoms with E-state index in [9.17, 15) is 4.79 Å². The molecule has 0 bridgehead atoms. The molecule has 0 spiro atoms. The van der Waals surface area contributed by atoms with Crippen molar-refractivity contribution in [1.82, 2.24) is 0 Å². The molecule has 0 radical (unpaired) electrons. The summed E-state index contributed by atoms with van der Waals surface area (Å²) in [6.07, 6.45) is 8.33. The monoisotopic (exact) mass is 222 g/mol. The fourth-order valence-corrected chi connectivity index (χ4v) is 1.99. The van der Waals surface area contributed by atoms with Crippen LogP contribution in [0, 0.1) is 0 Å². The van der Waals surface area contributed by atoms with Crippen molar-refractivity contribution < 1.29 is 9.53 Å². The minimum absolute atomic E-state index is 0.176. The molecule has 0 aliphatic heterocycles. The first kappa shape index (κ1) is 13.0. The average molecular weight is 222 g/mol. The van der Waals surface area contributed by atoms with E-state index in [0.717, 1.165) is 24.0 Å². The van der Waals surface area contributed by atoms with Crippen molar-refractivity contribution in [2.24, 2.45) is 0 Å². The van der Waals surface area contributed by atoms with Crippen LogP contribution >= 0.6 is 0 Å². The largest absolute Gasteiger partial charge is 0.463 e. The topological polar surface area (TPSA) is 26.3 Å². The zero-order valence-electron chi connectivity index (χ0n) is 10.6. The quantitative estimate of drug-likeness (QED) is 0.536. The van der Waals surface area contributed by atoms with Gasteiger partial charge in [-0.05, 0) is 57.6 Å². The lowest BCUT2D eigenvalue weighted by Crippen LogP contribution is -2.07. The summed E-state index contributed by atoms with van der Waals surface area (Å²) in [4.78, 5) is 11.6. The number of carbonyl (C=O) groups is 1. The Kier molecular flexibility index (Phi) is 5.30. The van der Waals surface area contributed by atoms with Gasteiger partial charge in [0.25, 0.3) is 0 Å². The summed E-state index contributed by atoms with van der Waals surface area (Å²) in [6.45, 7) is 6.18. The molecule has 0 aromatic heterocycles. The Hall–Kier alpha value is -1.05. The number of carbonyl (C=O) groups excluding carboxylic acids is 1.